The summed E-state index contributed by atoms with van der Waals surface area (Å²) < 4.78 is 0. The van der Waals surface area contributed by atoms with Gasteiger partial charge in [0.2, 0.25) is 5.82 Å². The average molecular weight is 239 g/mol. The fourth-order valence-electron chi connectivity index (χ4n) is 1.28. The molecule has 0 aliphatic carbocycles. The highest BCUT2D eigenvalue weighted by molar-refractivity contribution is 5.66. The summed E-state index contributed by atoms with van der Waals surface area (Å²) in [6.45, 7) is 2.05. The molecule has 0 bridgehead atoms. The van der Waals surface area contributed by atoms with E-state index >= 15 is 0 Å². The molecule has 1 heterocycles. The van der Waals surface area contributed by atoms with Crippen molar-refractivity contribution in [2.24, 2.45) is 0 Å². The monoisotopic (exact) mass is 239 g/mol. The quantitative estimate of drug-likeness (QED) is 0.443. The molecule has 2 N–H and O–H groups in total. The van der Waals surface area contributed by atoms with Crippen LogP contribution in [0.4, 0.5) is 11.5 Å². The van der Waals surface area contributed by atoms with Crippen molar-refractivity contribution in [3.05, 3.63) is 27.9 Å². The highest BCUT2D eigenvalue weighted by Gasteiger charge is 2.14. The number of pyridine rings is 1. The lowest BCUT2D eigenvalue weighted by molar-refractivity contribution is -0.384. The Labute approximate surface area is 97.6 Å². The molecule has 7 nitrogen and oxygen atoms in total. The van der Waals surface area contributed by atoms with Gasteiger partial charge in [-0.3, -0.25) is 14.9 Å². The fourth-order valence-corrected chi connectivity index (χ4v) is 1.28. The molecular formula is C10H13N3O4. The standard InChI is InChI=1S/C10H13N3O4/c1-7-5-8(13(16)17)10(12-6-7)11-4-2-3-9(14)15/h5-6H,2-4H2,1H3,(H,11,12)(H,14,15). The summed E-state index contributed by atoms with van der Waals surface area (Å²) in [6, 6.07) is 1.42. The molecule has 7 heteroatoms. The summed E-state index contributed by atoms with van der Waals surface area (Å²) in [5.41, 5.74) is 0.605. The van der Waals surface area contributed by atoms with Crippen molar-refractivity contribution >= 4 is 17.5 Å². The van der Waals surface area contributed by atoms with Crippen molar-refractivity contribution in [1.29, 1.82) is 0 Å². The Morgan fingerprint density at radius 3 is 2.94 bits per heavy atom. The van der Waals surface area contributed by atoms with E-state index in [0.717, 1.165) is 0 Å². The third-order valence-corrected chi connectivity index (χ3v) is 2.06. The molecular weight excluding hydrogens is 226 g/mol. The minimum Gasteiger partial charge on any atom is -0.481 e. The van der Waals surface area contributed by atoms with Crippen molar-refractivity contribution < 1.29 is 14.8 Å². The van der Waals surface area contributed by atoms with E-state index in [2.05, 4.69) is 10.3 Å². The van der Waals surface area contributed by atoms with Crippen LogP contribution in [0.15, 0.2) is 12.3 Å². The molecule has 0 radical (unpaired) electrons. The van der Waals surface area contributed by atoms with Gasteiger partial charge >= 0.3 is 11.7 Å². The van der Waals surface area contributed by atoms with Crippen molar-refractivity contribution in [1.82, 2.24) is 4.98 Å². The predicted molar refractivity (Wildman–Crippen MR) is 61.0 cm³/mol. The molecule has 0 amide bonds. The Morgan fingerprint density at radius 2 is 2.35 bits per heavy atom. The molecule has 0 aliphatic rings. The average Bonchev–Trinajstić information content (AvgIpc) is 2.25. The maximum absolute atomic E-state index is 10.7. The number of anilines is 1. The molecule has 0 saturated carbocycles. The maximum Gasteiger partial charge on any atom is 0.311 e. The van der Waals surface area contributed by atoms with E-state index in [1.807, 2.05) is 0 Å². The van der Waals surface area contributed by atoms with E-state index < -0.39 is 10.9 Å². The minimum atomic E-state index is -0.891. The molecule has 1 rings (SSSR count). The Kier molecular flexibility index (Phi) is 4.38. The Hall–Kier alpha value is -2.18. The van der Waals surface area contributed by atoms with E-state index in [-0.39, 0.29) is 17.9 Å². The molecule has 0 unspecified atom stereocenters. The summed E-state index contributed by atoms with van der Waals surface area (Å²) in [4.78, 5) is 24.4. The van der Waals surface area contributed by atoms with Crippen molar-refractivity contribution in [3.63, 3.8) is 0 Å². The molecule has 0 fully saturated rings. The normalized spacial score (nSPS) is 9.94. The van der Waals surface area contributed by atoms with Crippen LogP contribution in [0, 0.1) is 17.0 Å². The summed E-state index contributed by atoms with van der Waals surface area (Å²) in [5.74, 6) is -0.718. The molecule has 17 heavy (non-hydrogen) atoms. The van der Waals surface area contributed by atoms with Gasteiger partial charge in [0.25, 0.3) is 0 Å². The summed E-state index contributed by atoms with van der Waals surface area (Å²) in [6.07, 6.45) is 1.93. The first-order chi connectivity index (χ1) is 8.00. The first-order valence-corrected chi connectivity index (χ1v) is 5.07. The molecule has 1 aromatic rings. The van der Waals surface area contributed by atoms with Crippen molar-refractivity contribution in [2.75, 3.05) is 11.9 Å². The second kappa shape index (κ2) is 5.78. The first kappa shape index (κ1) is 12.9. The molecule has 1 aromatic heterocycles. The van der Waals surface area contributed by atoms with Crippen LogP contribution >= 0.6 is 0 Å². The van der Waals surface area contributed by atoms with E-state index in [0.29, 0.717) is 18.5 Å². The number of nitro groups is 1. The fraction of sp³-hybridized carbons (Fsp3) is 0.400. The van der Waals surface area contributed by atoms with E-state index in [1.54, 1.807) is 6.92 Å². The molecule has 0 spiro atoms. The number of hydrogen-bond donors (Lipinski definition) is 2. The second-order valence-electron chi connectivity index (χ2n) is 3.56. The highest BCUT2D eigenvalue weighted by Crippen LogP contribution is 2.22. The Bertz CT molecular complexity index is 434. The van der Waals surface area contributed by atoms with Gasteiger partial charge in [0.1, 0.15) is 0 Å². The lowest BCUT2D eigenvalue weighted by Crippen LogP contribution is -2.08. The van der Waals surface area contributed by atoms with Gasteiger partial charge in [-0.1, -0.05) is 0 Å². The number of nitrogens with one attached hydrogen (secondary N) is 1. The minimum absolute atomic E-state index is 0.0205. The van der Waals surface area contributed by atoms with Crippen LogP contribution < -0.4 is 5.32 Å². The van der Waals surface area contributed by atoms with Crippen LogP contribution in [0.5, 0.6) is 0 Å². The van der Waals surface area contributed by atoms with Crippen LogP contribution in [0.1, 0.15) is 18.4 Å². The number of rotatable bonds is 6. The number of hydrogen-bond acceptors (Lipinski definition) is 5. The number of nitrogens with zero attached hydrogens (tertiary/aromatic N) is 2. The predicted octanol–water partition coefficient (Wildman–Crippen LogP) is 1.57. The van der Waals surface area contributed by atoms with Gasteiger partial charge in [-0.25, -0.2) is 4.98 Å². The zero-order valence-corrected chi connectivity index (χ0v) is 9.34. The van der Waals surface area contributed by atoms with Gasteiger partial charge in [-0.15, -0.1) is 0 Å². The third kappa shape index (κ3) is 4.06. The van der Waals surface area contributed by atoms with E-state index in [9.17, 15) is 14.9 Å². The highest BCUT2D eigenvalue weighted by atomic mass is 16.6. The number of aromatic nitrogens is 1. The molecule has 0 atom stereocenters. The molecule has 0 aliphatic heterocycles. The molecule has 92 valence electrons. The van der Waals surface area contributed by atoms with Gasteiger partial charge in [0.05, 0.1) is 4.92 Å². The lowest BCUT2D eigenvalue weighted by atomic mass is 10.2. The van der Waals surface area contributed by atoms with Gasteiger partial charge in [0, 0.05) is 25.2 Å². The number of aryl methyl sites for hydroxylation is 1. The molecule has 0 saturated heterocycles. The zero-order chi connectivity index (χ0) is 12.8. The number of carboxylic acid groups (broad SMARTS) is 1. The topological polar surface area (TPSA) is 105 Å². The zero-order valence-electron chi connectivity index (χ0n) is 9.34. The van der Waals surface area contributed by atoms with Gasteiger partial charge in [-0.05, 0) is 18.9 Å². The largest absolute Gasteiger partial charge is 0.481 e. The van der Waals surface area contributed by atoms with Crippen LogP contribution in [0.25, 0.3) is 0 Å². The number of carbonyl (C=O) groups is 1. The van der Waals surface area contributed by atoms with E-state index in [1.165, 1.54) is 12.3 Å². The number of aliphatic carboxylic acids is 1. The Morgan fingerprint density at radius 1 is 1.65 bits per heavy atom. The van der Waals surface area contributed by atoms with Crippen LogP contribution in [-0.4, -0.2) is 27.5 Å². The maximum atomic E-state index is 10.7. The van der Waals surface area contributed by atoms with Gasteiger partial charge < -0.3 is 10.4 Å². The second-order valence-corrected chi connectivity index (χ2v) is 3.56. The third-order valence-electron chi connectivity index (χ3n) is 2.06. The van der Waals surface area contributed by atoms with Crippen LogP contribution in [-0.2, 0) is 4.79 Å². The molecule has 0 aromatic carbocycles. The SMILES string of the molecule is Cc1cnc(NCCCC(=O)O)c([N+](=O)[O-])c1. The lowest BCUT2D eigenvalue weighted by Gasteiger charge is -2.05. The summed E-state index contributed by atoms with van der Waals surface area (Å²) in [7, 11) is 0. The van der Waals surface area contributed by atoms with Crippen LogP contribution in [0.3, 0.4) is 0 Å². The van der Waals surface area contributed by atoms with Crippen LogP contribution in [0.2, 0.25) is 0 Å². The smallest absolute Gasteiger partial charge is 0.311 e. The first-order valence-electron chi connectivity index (χ1n) is 5.07. The van der Waals surface area contributed by atoms with Gasteiger partial charge in [0.15, 0.2) is 0 Å². The van der Waals surface area contributed by atoms with Gasteiger partial charge in [-0.2, -0.15) is 0 Å². The van der Waals surface area contributed by atoms with E-state index in [4.69, 9.17) is 5.11 Å². The number of carboxylic acids is 1. The summed E-state index contributed by atoms with van der Waals surface area (Å²) in [5, 5.41) is 21.9. The van der Waals surface area contributed by atoms with Crippen molar-refractivity contribution in [3.8, 4) is 0 Å². The Balaban J connectivity index is 2.64. The summed E-state index contributed by atoms with van der Waals surface area (Å²) >= 11 is 0. The van der Waals surface area contributed by atoms with Crippen molar-refractivity contribution in [2.45, 2.75) is 19.8 Å².